The molecule has 1 atom stereocenters. The topological polar surface area (TPSA) is 64.7 Å². The van der Waals surface area contributed by atoms with Gasteiger partial charge in [-0.15, -0.1) is 0 Å². The van der Waals surface area contributed by atoms with Crippen LogP contribution < -0.4 is 15.2 Å². The number of aromatic hydroxyl groups is 1. The Morgan fingerprint density at radius 1 is 1.08 bits per heavy atom. The smallest absolute Gasteiger partial charge is 0.160 e. The van der Waals surface area contributed by atoms with Crippen LogP contribution in [0.2, 0.25) is 0 Å². The lowest BCUT2D eigenvalue weighted by molar-refractivity contribution is 0.333. The normalized spacial score (nSPS) is 12.0. The van der Waals surface area contributed by atoms with E-state index in [1.807, 2.05) is 19.1 Å². The third kappa shape index (κ3) is 4.01. The summed E-state index contributed by atoms with van der Waals surface area (Å²) >= 11 is 0. The van der Waals surface area contributed by atoms with Crippen LogP contribution in [0, 0.1) is 13.8 Å². The van der Waals surface area contributed by atoms with Crippen LogP contribution in [0.25, 0.3) is 0 Å². The number of phenols is 1. The molecular weight excluding hydrogens is 302 g/mol. The minimum absolute atomic E-state index is 0.139. The molecule has 0 radical (unpaired) electrons. The van der Waals surface area contributed by atoms with E-state index in [0.717, 1.165) is 23.3 Å². The highest BCUT2D eigenvalue weighted by Crippen LogP contribution is 2.33. The number of hydrogen-bond donors (Lipinski definition) is 2. The van der Waals surface area contributed by atoms with Gasteiger partial charge in [-0.1, -0.05) is 12.1 Å². The van der Waals surface area contributed by atoms with Gasteiger partial charge in [-0.25, -0.2) is 0 Å². The molecule has 0 aromatic heterocycles. The lowest BCUT2D eigenvalue weighted by Gasteiger charge is -2.21. The van der Waals surface area contributed by atoms with Crippen molar-refractivity contribution in [3.8, 4) is 17.2 Å². The van der Waals surface area contributed by atoms with E-state index >= 15 is 0 Å². The molecule has 24 heavy (non-hydrogen) atoms. The third-order valence-electron chi connectivity index (χ3n) is 4.38. The molecule has 2 rings (SSSR count). The summed E-state index contributed by atoms with van der Waals surface area (Å²) < 4.78 is 11.0. The first kappa shape index (κ1) is 18.1. The SMILES string of the molecule is CCOc1cc(C)c(C)cc1C(CN)Cc1ccc(O)c(OC)c1. The Bertz CT molecular complexity index is 698. The Balaban J connectivity index is 2.36. The number of ether oxygens (including phenoxy) is 2. The highest BCUT2D eigenvalue weighted by molar-refractivity contribution is 5.46. The fourth-order valence-electron chi connectivity index (χ4n) is 2.87. The van der Waals surface area contributed by atoms with E-state index in [2.05, 4.69) is 26.0 Å². The van der Waals surface area contributed by atoms with E-state index in [-0.39, 0.29) is 11.7 Å². The van der Waals surface area contributed by atoms with Gasteiger partial charge in [0.2, 0.25) is 0 Å². The van der Waals surface area contributed by atoms with Gasteiger partial charge in [-0.2, -0.15) is 0 Å². The maximum absolute atomic E-state index is 9.75. The Morgan fingerprint density at radius 2 is 1.79 bits per heavy atom. The number of aryl methyl sites for hydroxylation is 2. The molecule has 0 aliphatic heterocycles. The molecule has 3 N–H and O–H groups in total. The molecule has 0 aliphatic carbocycles. The predicted octanol–water partition coefficient (Wildman–Crippen LogP) is 3.70. The molecule has 130 valence electrons. The average Bonchev–Trinajstić information content (AvgIpc) is 2.57. The highest BCUT2D eigenvalue weighted by Gasteiger charge is 2.18. The van der Waals surface area contributed by atoms with Gasteiger partial charge in [0, 0.05) is 5.92 Å². The summed E-state index contributed by atoms with van der Waals surface area (Å²) in [6.45, 7) is 7.32. The molecule has 0 aliphatic rings. The molecular formula is C20H27NO3. The number of nitrogens with two attached hydrogens (primary N) is 1. The maximum atomic E-state index is 9.75. The summed E-state index contributed by atoms with van der Waals surface area (Å²) in [6, 6.07) is 9.69. The Hall–Kier alpha value is -2.20. The minimum atomic E-state index is 0.139. The molecule has 0 spiro atoms. The van der Waals surface area contributed by atoms with Crippen LogP contribution in [0.4, 0.5) is 0 Å². The summed E-state index contributed by atoms with van der Waals surface area (Å²) in [7, 11) is 1.55. The fraction of sp³-hybridized carbons (Fsp3) is 0.400. The third-order valence-corrected chi connectivity index (χ3v) is 4.38. The number of hydrogen-bond acceptors (Lipinski definition) is 4. The number of phenolic OH excluding ortho intramolecular Hbond substituents is 1. The lowest BCUT2D eigenvalue weighted by atomic mass is 9.89. The molecule has 0 heterocycles. The van der Waals surface area contributed by atoms with Gasteiger partial charge < -0.3 is 20.3 Å². The van der Waals surface area contributed by atoms with E-state index in [0.29, 0.717) is 18.9 Å². The number of methoxy groups -OCH3 is 1. The molecule has 0 saturated heterocycles. The predicted molar refractivity (Wildman–Crippen MR) is 97.2 cm³/mol. The second kappa shape index (κ2) is 8.06. The van der Waals surface area contributed by atoms with E-state index in [1.54, 1.807) is 13.2 Å². The van der Waals surface area contributed by atoms with Gasteiger partial charge in [-0.3, -0.25) is 0 Å². The number of benzene rings is 2. The first-order valence-electron chi connectivity index (χ1n) is 8.30. The summed E-state index contributed by atoms with van der Waals surface area (Å²) in [6.07, 6.45) is 0.760. The molecule has 2 aromatic rings. The van der Waals surface area contributed by atoms with Gasteiger partial charge in [-0.05, 0) is 74.2 Å². The van der Waals surface area contributed by atoms with Crippen molar-refractivity contribution in [3.63, 3.8) is 0 Å². The van der Waals surface area contributed by atoms with Crippen LogP contribution >= 0.6 is 0 Å². The van der Waals surface area contributed by atoms with Gasteiger partial charge in [0.1, 0.15) is 5.75 Å². The molecule has 0 saturated carbocycles. The second-order valence-corrected chi connectivity index (χ2v) is 6.05. The molecule has 2 aromatic carbocycles. The highest BCUT2D eigenvalue weighted by atomic mass is 16.5. The summed E-state index contributed by atoms with van der Waals surface area (Å²) in [5.41, 5.74) is 10.7. The molecule has 1 unspecified atom stereocenters. The van der Waals surface area contributed by atoms with Crippen molar-refractivity contribution < 1.29 is 14.6 Å². The monoisotopic (exact) mass is 329 g/mol. The van der Waals surface area contributed by atoms with E-state index in [1.165, 1.54) is 11.1 Å². The Kier molecular flexibility index (Phi) is 6.10. The Morgan fingerprint density at radius 3 is 2.42 bits per heavy atom. The van der Waals surface area contributed by atoms with Crippen LogP contribution in [0.1, 0.15) is 35.1 Å². The summed E-state index contributed by atoms with van der Waals surface area (Å²) in [5.74, 6) is 1.67. The van der Waals surface area contributed by atoms with Crippen molar-refractivity contribution in [1.82, 2.24) is 0 Å². The van der Waals surface area contributed by atoms with E-state index in [9.17, 15) is 5.11 Å². The lowest BCUT2D eigenvalue weighted by Crippen LogP contribution is -2.17. The zero-order valence-corrected chi connectivity index (χ0v) is 14.9. The van der Waals surface area contributed by atoms with E-state index < -0.39 is 0 Å². The molecule has 0 amide bonds. The van der Waals surface area contributed by atoms with Crippen LogP contribution in [-0.4, -0.2) is 25.4 Å². The average molecular weight is 329 g/mol. The molecule has 0 bridgehead atoms. The second-order valence-electron chi connectivity index (χ2n) is 6.05. The van der Waals surface area contributed by atoms with Crippen LogP contribution in [-0.2, 0) is 6.42 Å². The summed E-state index contributed by atoms with van der Waals surface area (Å²) in [5, 5.41) is 9.75. The zero-order chi connectivity index (χ0) is 17.7. The first-order chi connectivity index (χ1) is 11.5. The van der Waals surface area contributed by atoms with Crippen LogP contribution in [0.15, 0.2) is 30.3 Å². The van der Waals surface area contributed by atoms with Crippen LogP contribution in [0.5, 0.6) is 17.2 Å². The Labute approximate surface area is 144 Å². The van der Waals surface area contributed by atoms with Crippen molar-refractivity contribution in [3.05, 3.63) is 52.6 Å². The van der Waals surface area contributed by atoms with Gasteiger partial charge in [0.25, 0.3) is 0 Å². The largest absolute Gasteiger partial charge is 0.504 e. The van der Waals surface area contributed by atoms with Crippen LogP contribution in [0.3, 0.4) is 0 Å². The number of rotatable bonds is 7. The van der Waals surface area contributed by atoms with Gasteiger partial charge in [0.05, 0.1) is 13.7 Å². The first-order valence-corrected chi connectivity index (χ1v) is 8.30. The zero-order valence-electron chi connectivity index (χ0n) is 14.9. The van der Waals surface area contributed by atoms with Gasteiger partial charge >= 0.3 is 0 Å². The fourth-order valence-corrected chi connectivity index (χ4v) is 2.87. The molecule has 4 heteroatoms. The van der Waals surface area contributed by atoms with Crippen molar-refractivity contribution in [1.29, 1.82) is 0 Å². The van der Waals surface area contributed by atoms with Crippen molar-refractivity contribution in [2.24, 2.45) is 5.73 Å². The minimum Gasteiger partial charge on any atom is -0.504 e. The standard InChI is InChI=1S/C20H27NO3/c1-5-24-19-9-14(3)13(2)8-17(19)16(12-21)10-15-6-7-18(22)20(11-15)23-4/h6-9,11,16,22H,5,10,12,21H2,1-4H3. The van der Waals surface area contributed by atoms with Crippen molar-refractivity contribution >= 4 is 0 Å². The quantitative estimate of drug-likeness (QED) is 0.813. The summed E-state index contributed by atoms with van der Waals surface area (Å²) in [4.78, 5) is 0. The molecule has 0 fully saturated rings. The maximum Gasteiger partial charge on any atom is 0.160 e. The van der Waals surface area contributed by atoms with Crippen molar-refractivity contribution in [2.75, 3.05) is 20.3 Å². The van der Waals surface area contributed by atoms with Crippen molar-refractivity contribution in [2.45, 2.75) is 33.1 Å². The van der Waals surface area contributed by atoms with E-state index in [4.69, 9.17) is 15.2 Å². The van der Waals surface area contributed by atoms with Gasteiger partial charge in [0.15, 0.2) is 11.5 Å². The molecule has 4 nitrogen and oxygen atoms in total.